The van der Waals surface area contributed by atoms with Gasteiger partial charge in [-0.15, -0.1) is 0 Å². The Labute approximate surface area is 91.9 Å². The van der Waals surface area contributed by atoms with Crippen molar-refractivity contribution in [1.29, 1.82) is 5.26 Å². The van der Waals surface area contributed by atoms with Crippen LogP contribution in [0.4, 0.5) is 0 Å². The summed E-state index contributed by atoms with van der Waals surface area (Å²) >= 11 is 1.34. The number of nitrogens with one attached hydrogen (secondary N) is 2. The molecule has 1 unspecified atom stereocenters. The number of aromatic nitrogens is 2. The van der Waals surface area contributed by atoms with Crippen molar-refractivity contribution in [3.63, 3.8) is 0 Å². The van der Waals surface area contributed by atoms with Crippen LogP contribution in [-0.4, -0.2) is 28.3 Å². The zero-order valence-corrected chi connectivity index (χ0v) is 9.39. The van der Waals surface area contributed by atoms with E-state index in [0.717, 1.165) is 0 Å². The normalized spacial score (nSPS) is 14.2. The van der Waals surface area contributed by atoms with Gasteiger partial charge in [-0.05, 0) is 14.0 Å². The summed E-state index contributed by atoms with van der Waals surface area (Å²) in [5, 5.41) is 12.3. The van der Waals surface area contributed by atoms with E-state index in [1.165, 1.54) is 24.0 Å². The monoisotopic (exact) mass is 224 g/mol. The molecule has 0 saturated heterocycles. The molecule has 1 rings (SSSR count). The second kappa shape index (κ2) is 4.96. The maximum atomic E-state index is 11.0. The third-order valence-corrected chi connectivity index (χ3v) is 3.15. The van der Waals surface area contributed by atoms with E-state index in [2.05, 4.69) is 21.4 Å². The molecule has 1 aromatic rings. The van der Waals surface area contributed by atoms with Crippen LogP contribution in [0.25, 0.3) is 0 Å². The minimum atomic E-state index is -0.612. The van der Waals surface area contributed by atoms with Gasteiger partial charge >= 0.3 is 0 Å². The lowest BCUT2D eigenvalue weighted by Crippen LogP contribution is -2.40. The lowest BCUT2D eigenvalue weighted by atomic mass is 10.1. The predicted molar refractivity (Wildman–Crippen MR) is 58.7 cm³/mol. The van der Waals surface area contributed by atoms with Crippen molar-refractivity contribution in [1.82, 2.24) is 15.3 Å². The maximum absolute atomic E-state index is 11.0. The van der Waals surface area contributed by atoms with Gasteiger partial charge in [-0.2, -0.15) is 5.26 Å². The fraction of sp³-hybridized carbons (Fsp3) is 0.444. The van der Waals surface area contributed by atoms with Crippen LogP contribution in [0.1, 0.15) is 6.92 Å². The van der Waals surface area contributed by atoms with E-state index in [-0.39, 0.29) is 5.56 Å². The van der Waals surface area contributed by atoms with Crippen LogP contribution in [-0.2, 0) is 0 Å². The first kappa shape index (κ1) is 11.8. The van der Waals surface area contributed by atoms with Crippen LogP contribution in [0.2, 0.25) is 0 Å². The summed E-state index contributed by atoms with van der Waals surface area (Å²) in [5.74, 6) is 0.521. The topological polar surface area (TPSA) is 81.6 Å². The Hall–Kier alpha value is -1.32. The second-order valence-electron chi connectivity index (χ2n) is 3.22. The fourth-order valence-electron chi connectivity index (χ4n) is 0.798. The summed E-state index contributed by atoms with van der Waals surface area (Å²) in [4.78, 5) is 17.5. The van der Waals surface area contributed by atoms with Crippen LogP contribution in [0.5, 0.6) is 0 Å². The highest BCUT2D eigenvalue weighted by Gasteiger charge is 2.21. The van der Waals surface area contributed by atoms with Gasteiger partial charge in [-0.25, -0.2) is 4.98 Å². The van der Waals surface area contributed by atoms with Gasteiger partial charge in [0.15, 0.2) is 5.16 Å². The summed E-state index contributed by atoms with van der Waals surface area (Å²) in [5.41, 5.74) is -0.797. The van der Waals surface area contributed by atoms with Crippen LogP contribution < -0.4 is 10.9 Å². The standard InChI is InChI=1S/C9H12N4OS/c1-9(5-10,11-2)6-15-8-12-4-3-7(14)13-8/h3-4,11H,6H2,1-2H3,(H,12,13,14). The van der Waals surface area contributed by atoms with Crippen LogP contribution in [0, 0.1) is 11.3 Å². The second-order valence-corrected chi connectivity index (χ2v) is 4.19. The summed E-state index contributed by atoms with van der Waals surface area (Å²) in [6.07, 6.45) is 1.45. The van der Waals surface area contributed by atoms with Gasteiger partial charge in [0.2, 0.25) is 0 Å². The van der Waals surface area contributed by atoms with E-state index >= 15 is 0 Å². The molecule has 0 fully saturated rings. The highest BCUT2D eigenvalue weighted by atomic mass is 32.2. The van der Waals surface area contributed by atoms with E-state index < -0.39 is 5.54 Å². The number of hydrogen-bond donors (Lipinski definition) is 2. The number of H-pyrrole nitrogens is 1. The quantitative estimate of drug-likeness (QED) is 0.570. The maximum Gasteiger partial charge on any atom is 0.251 e. The average Bonchev–Trinajstić information content (AvgIpc) is 2.26. The molecule has 0 spiro atoms. The van der Waals surface area contributed by atoms with Crippen molar-refractivity contribution in [2.75, 3.05) is 12.8 Å². The van der Waals surface area contributed by atoms with Crippen molar-refractivity contribution >= 4 is 11.8 Å². The Morgan fingerprint density at radius 3 is 3.07 bits per heavy atom. The van der Waals surface area contributed by atoms with Gasteiger partial charge in [-0.1, -0.05) is 11.8 Å². The Balaban J connectivity index is 2.66. The van der Waals surface area contributed by atoms with Gasteiger partial charge in [0.1, 0.15) is 5.54 Å². The molecule has 0 amide bonds. The van der Waals surface area contributed by atoms with Gasteiger partial charge < -0.3 is 10.3 Å². The number of thioether (sulfide) groups is 1. The molecule has 0 radical (unpaired) electrons. The summed E-state index contributed by atoms with van der Waals surface area (Å²) in [7, 11) is 1.73. The van der Waals surface area contributed by atoms with Crippen molar-refractivity contribution in [2.24, 2.45) is 0 Å². The van der Waals surface area contributed by atoms with Gasteiger partial charge in [-0.3, -0.25) is 4.79 Å². The minimum absolute atomic E-state index is 0.185. The van der Waals surface area contributed by atoms with Crippen LogP contribution >= 0.6 is 11.8 Å². The molecule has 0 aliphatic heterocycles. The Kier molecular flexibility index (Phi) is 3.88. The molecule has 80 valence electrons. The molecule has 0 saturated carbocycles. The molecular weight excluding hydrogens is 212 g/mol. The minimum Gasteiger partial charge on any atom is -0.302 e. The van der Waals surface area contributed by atoms with Gasteiger partial charge in [0.25, 0.3) is 5.56 Å². The number of hydrogen-bond acceptors (Lipinski definition) is 5. The summed E-state index contributed by atoms with van der Waals surface area (Å²) in [6.45, 7) is 1.79. The first-order valence-corrected chi connectivity index (χ1v) is 5.36. The van der Waals surface area contributed by atoms with Crippen molar-refractivity contribution < 1.29 is 0 Å². The smallest absolute Gasteiger partial charge is 0.251 e. The van der Waals surface area contributed by atoms with E-state index in [4.69, 9.17) is 5.26 Å². The van der Waals surface area contributed by atoms with Crippen molar-refractivity contribution in [2.45, 2.75) is 17.6 Å². The predicted octanol–water partition coefficient (Wildman–Crippen LogP) is 0.364. The Morgan fingerprint density at radius 1 is 1.80 bits per heavy atom. The average molecular weight is 224 g/mol. The number of rotatable bonds is 4. The zero-order valence-electron chi connectivity index (χ0n) is 8.57. The molecule has 1 heterocycles. The van der Waals surface area contributed by atoms with E-state index in [1.807, 2.05) is 0 Å². The fourth-order valence-corrected chi connectivity index (χ4v) is 1.74. The summed E-state index contributed by atoms with van der Waals surface area (Å²) < 4.78 is 0. The molecule has 6 heteroatoms. The molecule has 5 nitrogen and oxygen atoms in total. The largest absolute Gasteiger partial charge is 0.302 e. The molecule has 1 atom stereocenters. The van der Waals surface area contributed by atoms with E-state index in [1.54, 1.807) is 14.0 Å². The first-order chi connectivity index (χ1) is 7.09. The van der Waals surface area contributed by atoms with Crippen molar-refractivity contribution in [3.05, 3.63) is 22.6 Å². The van der Waals surface area contributed by atoms with E-state index in [9.17, 15) is 4.79 Å². The van der Waals surface area contributed by atoms with E-state index in [0.29, 0.717) is 10.9 Å². The highest BCUT2D eigenvalue weighted by Crippen LogP contribution is 2.17. The Bertz CT molecular complexity index is 425. The lowest BCUT2D eigenvalue weighted by Gasteiger charge is -2.19. The first-order valence-electron chi connectivity index (χ1n) is 4.38. The van der Waals surface area contributed by atoms with Crippen LogP contribution in [0.3, 0.4) is 0 Å². The Morgan fingerprint density at radius 2 is 2.53 bits per heavy atom. The van der Waals surface area contributed by atoms with Crippen molar-refractivity contribution in [3.8, 4) is 6.07 Å². The molecule has 0 aromatic carbocycles. The molecule has 0 aliphatic rings. The number of nitriles is 1. The van der Waals surface area contributed by atoms with Gasteiger partial charge in [0.05, 0.1) is 6.07 Å². The SMILES string of the molecule is CNC(C)(C#N)CSc1nccc(=O)[nH]1. The molecule has 15 heavy (non-hydrogen) atoms. The molecule has 0 aliphatic carbocycles. The highest BCUT2D eigenvalue weighted by molar-refractivity contribution is 7.99. The molecule has 0 bridgehead atoms. The molecular formula is C9H12N4OS. The third kappa shape index (κ3) is 3.38. The van der Waals surface area contributed by atoms with Crippen LogP contribution in [0.15, 0.2) is 22.2 Å². The molecule has 2 N–H and O–H groups in total. The third-order valence-electron chi connectivity index (χ3n) is 1.94. The molecule has 1 aromatic heterocycles. The summed E-state index contributed by atoms with van der Waals surface area (Å²) in [6, 6.07) is 3.51. The number of aromatic amines is 1. The lowest BCUT2D eigenvalue weighted by molar-refractivity contribution is 0.550. The number of nitrogens with zero attached hydrogens (tertiary/aromatic N) is 2. The van der Waals surface area contributed by atoms with Gasteiger partial charge in [0, 0.05) is 18.0 Å². The zero-order chi connectivity index (χ0) is 11.3.